The first-order chi connectivity index (χ1) is 9.58. The average molecular weight is 283 g/mol. The van der Waals surface area contributed by atoms with E-state index in [0.29, 0.717) is 0 Å². The maximum absolute atomic E-state index is 12.0. The zero-order chi connectivity index (χ0) is 14.6. The lowest BCUT2D eigenvalue weighted by Crippen LogP contribution is -2.60. The Hall–Kier alpha value is -0.650. The summed E-state index contributed by atoms with van der Waals surface area (Å²) in [5, 5.41) is 9.87. The molecule has 2 fully saturated rings. The van der Waals surface area contributed by atoms with Gasteiger partial charge in [-0.25, -0.2) is 0 Å². The molecule has 2 aliphatic rings. The van der Waals surface area contributed by atoms with Gasteiger partial charge in [0.2, 0.25) is 0 Å². The van der Waals surface area contributed by atoms with Crippen LogP contribution in [0.5, 0.6) is 0 Å². The van der Waals surface area contributed by atoms with Gasteiger partial charge in [-0.3, -0.25) is 9.69 Å². The Bertz CT molecular complexity index is 329. The van der Waals surface area contributed by atoms with Gasteiger partial charge in [-0.05, 0) is 45.8 Å². The van der Waals surface area contributed by atoms with Crippen molar-refractivity contribution in [2.75, 3.05) is 52.9 Å². The lowest BCUT2D eigenvalue weighted by Gasteiger charge is -2.44. The predicted molar refractivity (Wildman–Crippen MR) is 80.0 cm³/mol. The highest BCUT2D eigenvalue weighted by atomic mass is 16.4. The summed E-state index contributed by atoms with van der Waals surface area (Å²) >= 11 is 0. The first-order valence-electron chi connectivity index (χ1n) is 7.98. The number of likely N-dealkylation sites (N-methyl/N-ethyl adjacent to an activating group) is 1. The quantitative estimate of drug-likeness (QED) is 0.832. The molecule has 5 heteroatoms. The second-order valence-corrected chi connectivity index (χ2v) is 6.32. The molecule has 1 atom stereocenters. The predicted octanol–water partition coefficient (Wildman–Crippen LogP) is 0.953. The molecule has 0 aromatic heterocycles. The van der Waals surface area contributed by atoms with Crippen LogP contribution in [0.3, 0.4) is 0 Å². The number of nitrogens with zero attached hydrogens (tertiary/aromatic N) is 3. The topological polar surface area (TPSA) is 47.0 Å². The Kier molecular flexibility index (Phi) is 5.41. The van der Waals surface area contributed by atoms with E-state index in [1.165, 1.54) is 0 Å². The van der Waals surface area contributed by atoms with E-state index in [9.17, 15) is 9.90 Å². The van der Waals surface area contributed by atoms with Crippen LogP contribution in [-0.2, 0) is 4.79 Å². The smallest absolute Gasteiger partial charge is 0.324 e. The molecule has 0 aromatic rings. The van der Waals surface area contributed by atoms with E-state index in [2.05, 4.69) is 28.7 Å². The number of rotatable bonds is 4. The molecule has 0 aromatic carbocycles. The molecule has 20 heavy (non-hydrogen) atoms. The first kappa shape index (κ1) is 15.7. The van der Waals surface area contributed by atoms with E-state index in [1.54, 1.807) is 0 Å². The molecule has 0 radical (unpaired) electrons. The number of hydrogen-bond donors (Lipinski definition) is 1. The van der Waals surface area contributed by atoms with Crippen molar-refractivity contribution in [1.29, 1.82) is 0 Å². The fourth-order valence-electron chi connectivity index (χ4n) is 3.61. The van der Waals surface area contributed by atoms with E-state index < -0.39 is 11.5 Å². The van der Waals surface area contributed by atoms with Gasteiger partial charge in [-0.2, -0.15) is 0 Å². The molecular weight excluding hydrogens is 254 g/mol. The molecule has 0 aliphatic carbocycles. The van der Waals surface area contributed by atoms with E-state index in [4.69, 9.17) is 0 Å². The second-order valence-electron chi connectivity index (χ2n) is 6.32. The zero-order valence-electron chi connectivity index (χ0n) is 13.0. The Morgan fingerprint density at radius 2 is 1.80 bits per heavy atom. The van der Waals surface area contributed by atoms with Crippen LogP contribution >= 0.6 is 0 Å². The van der Waals surface area contributed by atoms with E-state index in [-0.39, 0.29) is 0 Å². The summed E-state index contributed by atoms with van der Waals surface area (Å²) in [7, 11) is 2.11. The number of hydrogen-bond acceptors (Lipinski definition) is 4. The summed E-state index contributed by atoms with van der Waals surface area (Å²) in [4.78, 5) is 19.0. The van der Waals surface area contributed by atoms with Crippen molar-refractivity contribution in [1.82, 2.24) is 14.7 Å². The summed E-state index contributed by atoms with van der Waals surface area (Å²) in [6, 6.07) is 0. The Morgan fingerprint density at radius 3 is 2.40 bits per heavy atom. The number of carboxylic acid groups (broad SMARTS) is 1. The molecule has 0 amide bonds. The Labute approximate surface area is 122 Å². The Balaban J connectivity index is 2.07. The van der Waals surface area contributed by atoms with Crippen LogP contribution in [0.1, 0.15) is 32.6 Å². The number of piperazine rings is 1. The van der Waals surface area contributed by atoms with Crippen LogP contribution in [0.25, 0.3) is 0 Å². The summed E-state index contributed by atoms with van der Waals surface area (Å²) in [5.74, 6) is -0.611. The maximum Gasteiger partial charge on any atom is 0.324 e. The molecule has 2 aliphatic heterocycles. The van der Waals surface area contributed by atoms with Crippen molar-refractivity contribution in [2.45, 2.75) is 38.1 Å². The van der Waals surface area contributed by atoms with Crippen LogP contribution in [0, 0.1) is 0 Å². The van der Waals surface area contributed by atoms with E-state index >= 15 is 0 Å². The average Bonchev–Trinajstić information content (AvgIpc) is 2.64. The lowest BCUT2D eigenvalue weighted by atomic mass is 9.87. The number of aliphatic carboxylic acids is 1. The molecule has 1 unspecified atom stereocenters. The van der Waals surface area contributed by atoms with Gasteiger partial charge in [0.15, 0.2) is 0 Å². The summed E-state index contributed by atoms with van der Waals surface area (Å²) in [6.45, 7) is 8.99. The van der Waals surface area contributed by atoms with E-state index in [1.807, 2.05) is 0 Å². The minimum absolute atomic E-state index is 0.611. The fourth-order valence-corrected chi connectivity index (χ4v) is 3.61. The van der Waals surface area contributed by atoms with Crippen molar-refractivity contribution in [2.24, 2.45) is 0 Å². The molecule has 1 N–H and O–H groups in total. The Morgan fingerprint density at radius 1 is 1.10 bits per heavy atom. The van der Waals surface area contributed by atoms with Gasteiger partial charge in [-0.15, -0.1) is 0 Å². The van der Waals surface area contributed by atoms with Gasteiger partial charge in [-0.1, -0.05) is 6.92 Å². The summed E-state index contributed by atoms with van der Waals surface area (Å²) in [6.07, 6.45) is 3.71. The molecule has 116 valence electrons. The van der Waals surface area contributed by atoms with Gasteiger partial charge in [0.05, 0.1) is 0 Å². The molecule has 5 nitrogen and oxygen atoms in total. The van der Waals surface area contributed by atoms with Crippen LogP contribution in [0.15, 0.2) is 0 Å². The third kappa shape index (κ3) is 3.32. The minimum Gasteiger partial charge on any atom is -0.480 e. The molecule has 0 saturated carbocycles. The maximum atomic E-state index is 12.0. The third-order valence-electron chi connectivity index (χ3n) is 4.95. The van der Waals surface area contributed by atoms with Gasteiger partial charge < -0.3 is 14.9 Å². The molecule has 0 spiro atoms. The zero-order valence-corrected chi connectivity index (χ0v) is 13.0. The first-order valence-corrected chi connectivity index (χ1v) is 7.98. The standard InChI is InChI=1S/C15H29N3O2/c1-3-7-17-8-4-5-15(6-9-17,14(19)20)18-12-10-16(2)11-13-18/h3-13H2,1-2H3,(H,19,20). The number of carbonyl (C=O) groups is 1. The molecular formula is C15H29N3O2. The largest absolute Gasteiger partial charge is 0.480 e. The van der Waals surface area contributed by atoms with Crippen molar-refractivity contribution in [3.8, 4) is 0 Å². The summed E-state index contributed by atoms with van der Waals surface area (Å²) in [5.41, 5.74) is -0.621. The van der Waals surface area contributed by atoms with Crippen molar-refractivity contribution < 1.29 is 9.90 Å². The molecule has 2 rings (SSSR count). The number of likely N-dealkylation sites (tertiary alicyclic amines) is 1. The molecule has 2 heterocycles. The highest BCUT2D eigenvalue weighted by Gasteiger charge is 2.45. The fraction of sp³-hybridized carbons (Fsp3) is 0.933. The van der Waals surface area contributed by atoms with Crippen LogP contribution in [0.4, 0.5) is 0 Å². The second kappa shape index (κ2) is 6.87. The van der Waals surface area contributed by atoms with Crippen LogP contribution < -0.4 is 0 Å². The van der Waals surface area contributed by atoms with Gasteiger partial charge in [0.1, 0.15) is 5.54 Å². The summed E-state index contributed by atoms with van der Waals surface area (Å²) < 4.78 is 0. The minimum atomic E-state index is -0.621. The van der Waals surface area contributed by atoms with Gasteiger partial charge in [0, 0.05) is 32.7 Å². The third-order valence-corrected chi connectivity index (χ3v) is 4.95. The van der Waals surface area contributed by atoms with Crippen LogP contribution in [-0.4, -0.2) is 84.2 Å². The molecule has 2 saturated heterocycles. The normalized spacial score (nSPS) is 31.1. The highest BCUT2D eigenvalue weighted by molar-refractivity contribution is 5.79. The van der Waals surface area contributed by atoms with E-state index in [0.717, 1.165) is 71.5 Å². The highest BCUT2D eigenvalue weighted by Crippen LogP contribution is 2.30. The van der Waals surface area contributed by atoms with Crippen molar-refractivity contribution >= 4 is 5.97 Å². The number of carboxylic acids is 1. The SMILES string of the molecule is CCCN1CCCC(C(=O)O)(N2CCN(C)CC2)CC1. The van der Waals surface area contributed by atoms with Gasteiger partial charge >= 0.3 is 5.97 Å². The van der Waals surface area contributed by atoms with Crippen molar-refractivity contribution in [3.63, 3.8) is 0 Å². The monoisotopic (exact) mass is 283 g/mol. The lowest BCUT2D eigenvalue weighted by molar-refractivity contribution is -0.154. The molecule has 0 bridgehead atoms. The van der Waals surface area contributed by atoms with Gasteiger partial charge in [0.25, 0.3) is 0 Å². The van der Waals surface area contributed by atoms with Crippen molar-refractivity contribution in [3.05, 3.63) is 0 Å². The van der Waals surface area contributed by atoms with Crippen LogP contribution in [0.2, 0.25) is 0 Å².